The van der Waals surface area contributed by atoms with E-state index in [0.29, 0.717) is 18.5 Å². The van der Waals surface area contributed by atoms with Crippen molar-refractivity contribution in [3.8, 4) is 0 Å². The summed E-state index contributed by atoms with van der Waals surface area (Å²) < 4.78 is 0. The van der Waals surface area contributed by atoms with Crippen molar-refractivity contribution < 1.29 is 0 Å². The quantitative estimate of drug-likeness (QED) is 0.847. The van der Waals surface area contributed by atoms with Gasteiger partial charge in [-0.15, -0.1) is 0 Å². The van der Waals surface area contributed by atoms with Crippen molar-refractivity contribution in [3.63, 3.8) is 0 Å². The number of hydrogen-bond acceptors (Lipinski definition) is 3. The third kappa shape index (κ3) is 2.19. The highest BCUT2D eigenvalue weighted by atomic mass is 15.2. The number of rotatable bonds is 3. The van der Waals surface area contributed by atoms with Crippen LogP contribution < -0.4 is 10.6 Å². The summed E-state index contributed by atoms with van der Waals surface area (Å²) in [6.45, 7) is 6.28. The normalized spacial score (nSPS) is 20.8. The Balaban J connectivity index is 2.22. The van der Waals surface area contributed by atoms with Gasteiger partial charge < -0.3 is 10.6 Å². The second kappa shape index (κ2) is 4.83. The molecule has 2 rings (SSSR count). The SMILES string of the molecule is CC(C)C1CCCN1c1ccnc(CN)c1. The first-order valence-electron chi connectivity index (χ1n) is 6.14. The molecule has 1 unspecified atom stereocenters. The maximum Gasteiger partial charge on any atom is 0.0560 e. The molecule has 0 aromatic carbocycles. The largest absolute Gasteiger partial charge is 0.368 e. The zero-order valence-electron chi connectivity index (χ0n) is 10.2. The molecule has 1 saturated heterocycles. The van der Waals surface area contributed by atoms with Crippen molar-refractivity contribution in [2.24, 2.45) is 11.7 Å². The van der Waals surface area contributed by atoms with Gasteiger partial charge in [-0.3, -0.25) is 4.98 Å². The van der Waals surface area contributed by atoms with Gasteiger partial charge in [0.2, 0.25) is 0 Å². The van der Waals surface area contributed by atoms with Gasteiger partial charge in [0.15, 0.2) is 0 Å². The van der Waals surface area contributed by atoms with Crippen molar-refractivity contribution in [3.05, 3.63) is 24.0 Å². The van der Waals surface area contributed by atoms with Gasteiger partial charge in [-0.1, -0.05) is 13.8 Å². The molecular formula is C13H21N3. The van der Waals surface area contributed by atoms with Crippen LogP contribution in [0.1, 0.15) is 32.4 Å². The van der Waals surface area contributed by atoms with E-state index in [-0.39, 0.29) is 0 Å². The van der Waals surface area contributed by atoms with Crippen molar-refractivity contribution in [2.45, 2.75) is 39.3 Å². The van der Waals surface area contributed by atoms with E-state index in [1.807, 2.05) is 6.20 Å². The lowest BCUT2D eigenvalue weighted by molar-refractivity contribution is 0.492. The van der Waals surface area contributed by atoms with Crippen LogP contribution in [-0.2, 0) is 6.54 Å². The first-order chi connectivity index (χ1) is 7.72. The summed E-state index contributed by atoms with van der Waals surface area (Å²) in [4.78, 5) is 6.75. The standard InChI is InChI=1S/C13H21N3/c1-10(2)13-4-3-7-16(13)12-5-6-15-11(8-12)9-14/h5-6,8,10,13H,3-4,7,9,14H2,1-2H3. The fraction of sp³-hybridized carbons (Fsp3) is 0.615. The molecule has 0 aliphatic carbocycles. The summed E-state index contributed by atoms with van der Waals surface area (Å²) in [7, 11) is 0. The molecular weight excluding hydrogens is 198 g/mol. The fourth-order valence-electron chi connectivity index (χ4n) is 2.56. The van der Waals surface area contributed by atoms with Gasteiger partial charge in [0.1, 0.15) is 0 Å². The lowest BCUT2D eigenvalue weighted by Gasteiger charge is -2.29. The van der Waals surface area contributed by atoms with Crippen LogP contribution in [0.3, 0.4) is 0 Å². The number of nitrogens with zero attached hydrogens (tertiary/aromatic N) is 2. The molecule has 2 heterocycles. The maximum absolute atomic E-state index is 5.63. The van der Waals surface area contributed by atoms with Crippen LogP contribution in [0, 0.1) is 5.92 Å². The van der Waals surface area contributed by atoms with Crippen LogP contribution in [0.4, 0.5) is 5.69 Å². The molecule has 88 valence electrons. The van der Waals surface area contributed by atoms with Crippen LogP contribution in [0.15, 0.2) is 18.3 Å². The molecule has 0 amide bonds. The second-order valence-electron chi connectivity index (χ2n) is 4.86. The summed E-state index contributed by atoms with van der Waals surface area (Å²) in [6.07, 6.45) is 4.47. The Hall–Kier alpha value is -1.09. The zero-order valence-corrected chi connectivity index (χ0v) is 10.2. The topological polar surface area (TPSA) is 42.2 Å². The van der Waals surface area contributed by atoms with E-state index in [4.69, 9.17) is 5.73 Å². The third-order valence-corrected chi connectivity index (χ3v) is 3.41. The minimum Gasteiger partial charge on any atom is -0.368 e. The van der Waals surface area contributed by atoms with E-state index < -0.39 is 0 Å². The Bertz CT molecular complexity index is 349. The molecule has 1 atom stereocenters. The molecule has 3 heteroatoms. The highest BCUT2D eigenvalue weighted by Gasteiger charge is 2.27. The molecule has 16 heavy (non-hydrogen) atoms. The number of pyridine rings is 1. The first kappa shape index (κ1) is 11.4. The molecule has 3 nitrogen and oxygen atoms in total. The number of nitrogens with two attached hydrogens (primary N) is 1. The van der Waals surface area contributed by atoms with E-state index in [1.165, 1.54) is 18.5 Å². The minimum atomic E-state index is 0.522. The average molecular weight is 219 g/mol. The monoisotopic (exact) mass is 219 g/mol. The van der Waals surface area contributed by atoms with E-state index in [2.05, 4.69) is 35.9 Å². The van der Waals surface area contributed by atoms with Gasteiger partial charge >= 0.3 is 0 Å². The Morgan fingerprint density at radius 2 is 2.38 bits per heavy atom. The molecule has 0 spiro atoms. The van der Waals surface area contributed by atoms with Gasteiger partial charge in [-0.2, -0.15) is 0 Å². The van der Waals surface area contributed by atoms with Crippen LogP contribution in [0.25, 0.3) is 0 Å². The van der Waals surface area contributed by atoms with Crippen LogP contribution in [0.2, 0.25) is 0 Å². The highest BCUT2D eigenvalue weighted by Crippen LogP contribution is 2.29. The molecule has 0 saturated carbocycles. The lowest BCUT2D eigenvalue weighted by Crippen LogP contribution is -2.33. The number of anilines is 1. The third-order valence-electron chi connectivity index (χ3n) is 3.41. The molecule has 1 aromatic heterocycles. The molecule has 2 N–H and O–H groups in total. The Morgan fingerprint density at radius 3 is 3.06 bits per heavy atom. The minimum absolute atomic E-state index is 0.522. The highest BCUT2D eigenvalue weighted by molar-refractivity contribution is 5.48. The van der Waals surface area contributed by atoms with Gasteiger partial charge in [-0.25, -0.2) is 0 Å². The van der Waals surface area contributed by atoms with E-state index in [0.717, 1.165) is 12.2 Å². The van der Waals surface area contributed by atoms with Crippen LogP contribution >= 0.6 is 0 Å². The summed E-state index contributed by atoms with van der Waals surface area (Å²) in [5, 5.41) is 0. The number of aromatic nitrogens is 1. The van der Waals surface area contributed by atoms with Crippen molar-refractivity contribution in [1.29, 1.82) is 0 Å². The predicted molar refractivity (Wildman–Crippen MR) is 67.3 cm³/mol. The Kier molecular flexibility index (Phi) is 3.44. The molecule has 0 radical (unpaired) electrons. The van der Waals surface area contributed by atoms with E-state index >= 15 is 0 Å². The molecule has 1 aliphatic rings. The second-order valence-corrected chi connectivity index (χ2v) is 4.86. The maximum atomic E-state index is 5.63. The summed E-state index contributed by atoms with van der Waals surface area (Å²) in [5.74, 6) is 0.706. The van der Waals surface area contributed by atoms with Crippen molar-refractivity contribution in [1.82, 2.24) is 4.98 Å². The smallest absolute Gasteiger partial charge is 0.0560 e. The van der Waals surface area contributed by atoms with Gasteiger partial charge in [-0.05, 0) is 30.9 Å². The van der Waals surface area contributed by atoms with Crippen LogP contribution in [0.5, 0.6) is 0 Å². The summed E-state index contributed by atoms with van der Waals surface area (Å²) >= 11 is 0. The average Bonchev–Trinajstić information content (AvgIpc) is 2.78. The van der Waals surface area contributed by atoms with Crippen LogP contribution in [-0.4, -0.2) is 17.6 Å². The first-order valence-corrected chi connectivity index (χ1v) is 6.14. The Morgan fingerprint density at radius 1 is 1.56 bits per heavy atom. The van der Waals surface area contributed by atoms with Crippen molar-refractivity contribution in [2.75, 3.05) is 11.4 Å². The van der Waals surface area contributed by atoms with Gasteiger partial charge in [0.05, 0.1) is 5.69 Å². The van der Waals surface area contributed by atoms with Crippen molar-refractivity contribution >= 4 is 5.69 Å². The van der Waals surface area contributed by atoms with E-state index in [1.54, 1.807) is 0 Å². The fourth-order valence-corrected chi connectivity index (χ4v) is 2.56. The molecule has 1 aliphatic heterocycles. The molecule has 1 aromatic rings. The number of hydrogen-bond donors (Lipinski definition) is 1. The van der Waals surface area contributed by atoms with Gasteiger partial charge in [0, 0.05) is 31.0 Å². The zero-order chi connectivity index (χ0) is 11.5. The predicted octanol–water partition coefficient (Wildman–Crippen LogP) is 2.17. The Labute approximate surface area is 97.7 Å². The molecule has 0 bridgehead atoms. The summed E-state index contributed by atoms with van der Waals surface area (Å²) in [5.41, 5.74) is 7.89. The van der Waals surface area contributed by atoms with Gasteiger partial charge in [0.25, 0.3) is 0 Å². The summed E-state index contributed by atoms with van der Waals surface area (Å²) in [6, 6.07) is 4.90. The molecule has 1 fully saturated rings. The van der Waals surface area contributed by atoms with E-state index in [9.17, 15) is 0 Å². The lowest BCUT2D eigenvalue weighted by atomic mass is 10.0.